The van der Waals surface area contributed by atoms with Crippen LogP contribution in [0.3, 0.4) is 0 Å². The summed E-state index contributed by atoms with van der Waals surface area (Å²) in [7, 11) is 0. The van der Waals surface area contributed by atoms with Crippen molar-refractivity contribution >= 4 is 50.9 Å². The van der Waals surface area contributed by atoms with Gasteiger partial charge in [-0.25, -0.2) is 9.97 Å². The fourth-order valence-corrected chi connectivity index (χ4v) is 6.90. The van der Waals surface area contributed by atoms with Gasteiger partial charge in [-0.05, 0) is 68.1 Å². The summed E-state index contributed by atoms with van der Waals surface area (Å²) in [6, 6.07) is 15.6. The minimum absolute atomic E-state index is 0.00357. The van der Waals surface area contributed by atoms with Gasteiger partial charge < -0.3 is 19.8 Å². The van der Waals surface area contributed by atoms with E-state index in [0.717, 1.165) is 47.8 Å². The lowest BCUT2D eigenvalue weighted by molar-refractivity contribution is -0.384. The molecule has 0 unspecified atom stereocenters. The maximum Gasteiger partial charge on any atom is 0.271 e. The van der Waals surface area contributed by atoms with E-state index < -0.39 is 16.7 Å². The highest BCUT2D eigenvalue weighted by Crippen LogP contribution is 2.33. The van der Waals surface area contributed by atoms with Crippen molar-refractivity contribution in [2.45, 2.75) is 76.3 Å². The topological polar surface area (TPSA) is 137 Å². The maximum absolute atomic E-state index is 13.3. The van der Waals surface area contributed by atoms with E-state index >= 15 is 0 Å². The van der Waals surface area contributed by atoms with Gasteiger partial charge in [0.1, 0.15) is 0 Å². The SMILES string of the molecule is O=C(Nc1ccc2c(c1)ncn2C1CCCCC1)c1cc(C(=O)Nc2ccc3c(c2)ncn3C2CCCCC2)cc([N+](=O)[O-])c1. The molecule has 11 nitrogen and oxygen atoms in total. The Kier molecular flexibility index (Phi) is 7.74. The molecule has 2 aromatic heterocycles. The molecule has 2 heterocycles. The number of fused-ring (bicyclic) bond motifs is 2. The van der Waals surface area contributed by atoms with Crippen LogP contribution in [0.15, 0.2) is 67.3 Å². The zero-order valence-corrected chi connectivity index (χ0v) is 24.9. The fraction of sp³-hybridized carbons (Fsp3) is 0.353. The molecule has 11 heteroatoms. The van der Waals surface area contributed by atoms with Crippen LogP contribution in [0.2, 0.25) is 0 Å². The average molecular weight is 606 g/mol. The molecule has 3 aromatic carbocycles. The molecule has 0 spiro atoms. The number of hydrogen-bond acceptors (Lipinski definition) is 6. The Hall–Kier alpha value is -5.06. The van der Waals surface area contributed by atoms with Gasteiger partial charge in [0.05, 0.1) is 39.6 Å². The van der Waals surface area contributed by atoms with Crippen LogP contribution in [0.5, 0.6) is 0 Å². The Morgan fingerprint density at radius 2 is 1.11 bits per heavy atom. The summed E-state index contributed by atoms with van der Waals surface area (Å²) < 4.78 is 4.43. The van der Waals surface area contributed by atoms with Gasteiger partial charge in [0.15, 0.2) is 0 Å². The number of nitro groups is 1. The molecular weight excluding hydrogens is 570 g/mol. The molecule has 0 bridgehead atoms. The van der Waals surface area contributed by atoms with Crippen LogP contribution in [-0.4, -0.2) is 35.8 Å². The van der Waals surface area contributed by atoms with Crippen molar-refractivity contribution in [3.63, 3.8) is 0 Å². The largest absolute Gasteiger partial charge is 0.327 e. The number of carbonyl (C=O) groups excluding carboxylic acids is 2. The molecular formula is C34H35N7O4. The van der Waals surface area contributed by atoms with Gasteiger partial charge in [-0.2, -0.15) is 0 Å². The van der Waals surface area contributed by atoms with E-state index in [9.17, 15) is 19.7 Å². The van der Waals surface area contributed by atoms with Gasteiger partial charge in [-0.15, -0.1) is 0 Å². The van der Waals surface area contributed by atoms with Gasteiger partial charge in [0.2, 0.25) is 0 Å². The summed E-state index contributed by atoms with van der Waals surface area (Å²) in [5, 5.41) is 17.4. The number of benzene rings is 3. The average Bonchev–Trinajstić information content (AvgIpc) is 3.69. The number of carbonyl (C=O) groups is 2. The monoisotopic (exact) mass is 605 g/mol. The first-order valence-electron chi connectivity index (χ1n) is 15.8. The number of imidazole rings is 2. The van der Waals surface area contributed by atoms with Crippen molar-refractivity contribution in [3.8, 4) is 0 Å². The van der Waals surface area contributed by atoms with Crippen molar-refractivity contribution in [2.24, 2.45) is 0 Å². The first kappa shape index (κ1) is 28.7. The summed E-state index contributed by atoms with van der Waals surface area (Å²) in [6.07, 6.45) is 15.6. The third-order valence-corrected chi connectivity index (χ3v) is 9.25. The highest BCUT2D eigenvalue weighted by Gasteiger charge is 2.21. The van der Waals surface area contributed by atoms with Gasteiger partial charge in [0, 0.05) is 46.7 Å². The molecule has 2 amide bonds. The molecule has 0 atom stereocenters. The van der Waals surface area contributed by atoms with E-state index in [2.05, 4.69) is 29.7 Å². The lowest BCUT2D eigenvalue weighted by atomic mass is 9.95. The maximum atomic E-state index is 13.3. The molecule has 7 rings (SSSR count). The van der Waals surface area contributed by atoms with Crippen molar-refractivity contribution < 1.29 is 14.5 Å². The first-order valence-corrected chi connectivity index (χ1v) is 15.8. The Morgan fingerprint density at radius 3 is 1.53 bits per heavy atom. The Balaban J connectivity index is 1.09. The van der Waals surface area contributed by atoms with Crippen LogP contribution < -0.4 is 10.6 Å². The summed E-state index contributed by atoms with van der Waals surface area (Å²) in [6.45, 7) is 0. The highest BCUT2D eigenvalue weighted by molar-refractivity contribution is 6.10. The zero-order chi connectivity index (χ0) is 30.9. The number of nitrogens with one attached hydrogen (secondary N) is 2. The lowest BCUT2D eigenvalue weighted by Crippen LogP contribution is -2.16. The van der Waals surface area contributed by atoms with E-state index in [1.165, 1.54) is 56.7 Å². The molecule has 2 aliphatic rings. The van der Waals surface area contributed by atoms with E-state index in [0.29, 0.717) is 23.5 Å². The molecule has 2 fully saturated rings. The van der Waals surface area contributed by atoms with Crippen LogP contribution in [0.1, 0.15) is 97.0 Å². The molecule has 5 aromatic rings. The molecule has 2 saturated carbocycles. The van der Waals surface area contributed by atoms with Crippen molar-refractivity contribution in [3.05, 3.63) is 88.5 Å². The first-order chi connectivity index (χ1) is 21.9. The van der Waals surface area contributed by atoms with E-state index in [1.807, 2.05) is 24.8 Å². The summed E-state index contributed by atoms with van der Waals surface area (Å²) in [4.78, 5) is 46.8. The third-order valence-electron chi connectivity index (χ3n) is 9.25. The standard InChI is InChI=1S/C34H35N7O4/c42-33(37-24-11-13-31-29(18-24)35-20-39(31)26-7-3-1-4-8-26)22-15-23(17-28(16-22)41(44)45)34(43)38-25-12-14-32-30(19-25)36-21-40(32)27-9-5-2-6-10-27/h11-21,26-27H,1-10H2,(H,37,42)(H,38,43). The van der Waals surface area contributed by atoms with Gasteiger partial charge in [0.25, 0.3) is 17.5 Å². The number of aromatic nitrogens is 4. The van der Waals surface area contributed by atoms with Crippen LogP contribution in [0, 0.1) is 10.1 Å². The number of anilines is 2. The quantitative estimate of drug-likeness (QED) is 0.143. The number of amides is 2. The van der Waals surface area contributed by atoms with E-state index in [4.69, 9.17) is 0 Å². The molecule has 230 valence electrons. The fourth-order valence-electron chi connectivity index (χ4n) is 6.90. The van der Waals surface area contributed by atoms with Crippen molar-refractivity contribution in [2.75, 3.05) is 10.6 Å². The Bertz CT molecular complexity index is 1790. The van der Waals surface area contributed by atoms with Crippen LogP contribution in [0.4, 0.5) is 17.1 Å². The van der Waals surface area contributed by atoms with Gasteiger partial charge in [-0.1, -0.05) is 38.5 Å². The second-order valence-electron chi connectivity index (χ2n) is 12.2. The molecule has 45 heavy (non-hydrogen) atoms. The van der Waals surface area contributed by atoms with Crippen LogP contribution in [0.25, 0.3) is 22.1 Å². The number of nitrogens with zero attached hydrogens (tertiary/aromatic N) is 5. The van der Waals surface area contributed by atoms with Crippen molar-refractivity contribution in [1.82, 2.24) is 19.1 Å². The smallest absolute Gasteiger partial charge is 0.271 e. The zero-order valence-electron chi connectivity index (χ0n) is 24.9. The Morgan fingerprint density at radius 1 is 0.667 bits per heavy atom. The number of hydrogen-bond donors (Lipinski definition) is 2. The summed E-state index contributed by atoms with van der Waals surface area (Å²) in [5.41, 5.74) is 4.22. The minimum Gasteiger partial charge on any atom is -0.327 e. The molecule has 0 aliphatic heterocycles. The molecule has 2 N–H and O–H groups in total. The number of non-ortho nitro benzene ring substituents is 1. The van der Waals surface area contributed by atoms with Gasteiger partial charge in [-0.3, -0.25) is 19.7 Å². The second-order valence-corrected chi connectivity index (χ2v) is 12.2. The van der Waals surface area contributed by atoms with E-state index in [-0.39, 0.29) is 16.8 Å². The normalized spacial score (nSPS) is 16.2. The predicted molar refractivity (Wildman–Crippen MR) is 173 cm³/mol. The van der Waals surface area contributed by atoms with Crippen LogP contribution >= 0.6 is 0 Å². The third kappa shape index (κ3) is 5.90. The number of rotatable bonds is 7. The second kappa shape index (κ2) is 12.1. The lowest BCUT2D eigenvalue weighted by Gasteiger charge is -2.23. The van der Waals surface area contributed by atoms with Gasteiger partial charge >= 0.3 is 0 Å². The Labute approximate surface area is 259 Å². The molecule has 0 radical (unpaired) electrons. The predicted octanol–water partition coefficient (Wildman–Crippen LogP) is 7.81. The summed E-state index contributed by atoms with van der Waals surface area (Å²) >= 11 is 0. The van der Waals surface area contributed by atoms with Crippen molar-refractivity contribution in [1.29, 1.82) is 0 Å². The summed E-state index contributed by atoms with van der Waals surface area (Å²) in [5.74, 6) is -1.12. The number of nitro benzene ring substituents is 1. The highest BCUT2D eigenvalue weighted by atomic mass is 16.6. The molecule has 2 aliphatic carbocycles. The molecule has 0 saturated heterocycles. The van der Waals surface area contributed by atoms with E-state index in [1.54, 1.807) is 24.3 Å². The van der Waals surface area contributed by atoms with Crippen LogP contribution in [-0.2, 0) is 0 Å². The minimum atomic E-state index is -0.610.